The highest BCUT2D eigenvalue weighted by Gasteiger charge is 2.22. The molecule has 2 aromatic carbocycles. The fourth-order valence-electron chi connectivity index (χ4n) is 2.90. The smallest absolute Gasteiger partial charge is 0.263 e. The highest BCUT2D eigenvalue weighted by atomic mass is 16.5. The molecule has 3 rings (SSSR count). The molecule has 0 fully saturated rings. The zero-order chi connectivity index (χ0) is 20.1. The number of likely N-dealkylation sites (N-methyl/N-ethyl adjacent to an activating group) is 1. The number of carbonyl (C=O) groups excluding carboxylic acids is 1. The average Bonchev–Trinajstić information content (AvgIpc) is 2.72. The molecule has 0 saturated heterocycles. The molecule has 0 aliphatic heterocycles. The van der Waals surface area contributed by atoms with E-state index in [4.69, 9.17) is 9.47 Å². The van der Waals surface area contributed by atoms with Gasteiger partial charge in [0.05, 0.1) is 24.6 Å². The SMILES string of the molecule is CCN(Cc1nc2ccccc2c(=O)[nH]1)C(=O)C(C)Oc1ccc(OC)cc1. The summed E-state index contributed by atoms with van der Waals surface area (Å²) in [4.78, 5) is 33.9. The van der Waals surface area contributed by atoms with Crippen LogP contribution in [0.2, 0.25) is 0 Å². The van der Waals surface area contributed by atoms with E-state index in [1.807, 2.05) is 13.0 Å². The Morgan fingerprint density at radius 1 is 1.14 bits per heavy atom. The van der Waals surface area contributed by atoms with Crippen LogP contribution < -0.4 is 15.0 Å². The van der Waals surface area contributed by atoms with Gasteiger partial charge in [-0.25, -0.2) is 4.98 Å². The van der Waals surface area contributed by atoms with Crippen LogP contribution in [-0.2, 0) is 11.3 Å². The Labute approximate surface area is 162 Å². The maximum Gasteiger partial charge on any atom is 0.263 e. The summed E-state index contributed by atoms with van der Waals surface area (Å²) < 4.78 is 10.9. The highest BCUT2D eigenvalue weighted by Crippen LogP contribution is 2.19. The Balaban J connectivity index is 1.73. The second kappa shape index (κ2) is 8.56. The molecule has 28 heavy (non-hydrogen) atoms. The number of rotatable bonds is 7. The molecule has 7 nitrogen and oxygen atoms in total. The molecule has 0 aliphatic rings. The quantitative estimate of drug-likeness (QED) is 0.680. The number of nitrogens with zero attached hydrogens (tertiary/aromatic N) is 2. The lowest BCUT2D eigenvalue weighted by Crippen LogP contribution is -2.40. The van der Waals surface area contributed by atoms with Crippen LogP contribution in [0.3, 0.4) is 0 Å². The number of H-pyrrole nitrogens is 1. The molecule has 1 aromatic heterocycles. The van der Waals surface area contributed by atoms with E-state index in [1.54, 1.807) is 61.4 Å². The Kier molecular flexibility index (Phi) is 5.93. The van der Waals surface area contributed by atoms with Crippen LogP contribution in [0.15, 0.2) is 53.3 Å². The fourth-order valence-corrected chi connectivity index (χ4v) is 2.90. The molecule has 3 aromatic rings. The normalized spacial score (nSPS) is 11.8. The summed E-state index contributed by atoms with van der Waals surface area (Å²) in [5, 5.41) is 0.525. The summed E-state index contributed by atoms with van der Waals surface area (Å²) in [6, 6.07) is 14.2. The van der Waals surface area contributed by atoms with Gasteiger partial charge in [-0.3, -0.25) is 9.59 Å². The molecular formula is C21H23N3O4. The molecule has 1 amide bonds. The Bertz CT molecular complexity index is 1010. The summed E-state index contributed by atoms with van der Waals surface area (Å²) in [5.74, 6) is 1.55. The Morgan fingerprint density at radius 3 is 2.50 bits per heavy atom. The zero-order valence-electron chi connectivity index (χ0n) is 16.1. The Morgan fingerprint density at radius 2 is 1.82 bits per heavy atom. The number of aromatic nitrogens is 2. The third kappa shape index (κ3) is 4.31. The van der Waals surface area contributed by atoms with E-state index >= 15 is 0 Å². The molecule has 0 bridgehead atoms. The predicted octanol–water partition coefficient (Wildman–Crippen LogP) is 2.75. The van der Waals surface area contributed by atoms with Gasteiger partial charge in [-0.15, -0.1) is 0 Å². The molecule has 0 spiro atoms. The molecule has 146 valence electrons. The van der Waals surface area contributed by atoms with E-state index in [-0.39, 0.29) is 18.0 Å². The molecule has 0 saturated carbocycles. The largest absolute Gasteiger partial charge is 0.497 e. The van der Waals surface area contributed by atoms with Crippen molar-refractivity contribution in [2.75, 3.05) is 13.7 Å². The van der Waals surface area contributed by atoms with Crippen LogP contribution in [-0.4, -0.2) is 40.5 Å². The van der Waals surface area contributed by atoms with Crippen LogP contribution in [0, 0.1) is 0 Å². The van der Waals surface area contributed by atoms with Gasteiger partial charge >= 0.3 is 0 Å². The maximum absolute atomic E-state index is 12.8. The van der Waals surface area contributed by atoms with E-state index < -0.39 is 6.10 Å². The first-order valence-corrected chi connectivity index (χ1v) is 9.09. The first-order valence-electron chi connectivity index (χ1n) is 9.09. The van der Waals surface area contributed by atoms with Crippen LogP contribution in [0.5, 0.6) is 11.5 Å². The number of benzene rings is 2. The second-order valence-electron chi connectivity index (χ2n) is 6.32. The van der Waals surface area contributed by atoms with Gasteiger partial charge in [-0.2, -0.15) is 0 Å². The van der Waals surface area contributed by atoms with Crippen molar-refractivity contribution in [3.63, 3.8) is 0 Å². The van der Waals surface area contributed by atoms with Crippen LogP contribution in [0.1, 0.15) is 19.7 Å². The first kappa shape index (κ1) is 19.4. The number of ether oxygens (including phenoxy) is 2. The summed E-state index contributed by atoms with van der Waals surface area (Å²) >= 11 is 0. The number of hydrogen-bond donors (Lipinski definition) is 1. The third-order valence-corrected chi connectivity index (χ3v) is 4.42. The van der Waals surface area contributed by atoms with E-state index in [0.717, 1.165) is 0 Å². The molecule has 1 N–H and O–H groups in total. The molecule has 7 heteroatoms. The second-order valence-corrected chi connectivity index (χ2v) is 6.32. The summed E-state index contributed by atoms with van der Waals surface area (Å²) in [5.41, 5.74) is 0.388. The van der Waals surface area contributed by atoms with Gasteiger partial charge < -0.3 is 19.4 Å². The topological polar surface area (TPSA) is 84.5 Å². The van der Waals surface area contributed by atoms with E-state index in [0.29, 0.717) is 34.8 Å². The van der Waals surface area contributed by atoms with Crippen molar-refractivity contribution < 1.29 is 14.3 Å². The number of para-hydroxylation sites is 1. The summed E-state index contributed by atoms with van der Waals surface area (Å²) in [6.07, 6.45) is -0.680. The van der Waals surface area contributed by atoms with Gasteiger partial charge in [0.15, 0.2) is 6.10 Å². The molecular weight excluding hydrogens is 358 g/mol. The van der Waals surface area contributed by atoms with E-state index in [2.05, 4.69) is 9.97 Å². The standard InChI is InChI=1S/C21H23N3O4/c1-4-24(13-19-22-18-8-6-5-7-17(18)20(25)23-19)21(26)14(2)28-16-11-9-15(27-3)10-12-16/h5-12,14H,4,13H2,1-3H3,(H,22,23,25). The lowest BCUT2D eigenvalue weighted by atomic mass is 10.2. The number of nitrogens with one attached hydrogen (secondary N) is 1. The molecule has 1 atom stereocenters. The minimum absolute atomic E-state index is 0.186. The fraction of sp³-hybridized carbons (Fsp3) is 0.286. The number of hydrogen-bond acceptors (Lipinski definition) is 5. The minimum Gasteiger partial charge on any atom is -0.497 e. The lowest BCUT2D eigenvalue weighted by molar-refractivity contribution is -0.138. The van der Waals surface area contributed by atoms with Crippen molar-refractivity contribution in [3.05, 3.63) is 64.7 Å². The molecule has 1 heterocycles. The monoisotopic (exact) mass is 381 g/mol. The predicted molar refractivity (Wildman–Crippen MR) is 107 cm³/mol. The number of methoxy groups -OCH3 is 1. The lowest BCUT2D eigenvalue weighted by Gasteiger charge is -2.24. The zero-order valence-corrected chi connectivity index (χ0v) is 16.1. The van der Waals surface area contributed by atoms with Gasteiger partial charge in [0.25, 0.3) is 11.5 Å². The molecule has 1 unspecified atom stereocenters. The number of fused-ring (bicyclic) bond motifs is 1. The third-order valence-electron chi connectivity index (χ3n) is 4.42. The van der Waals surface area contributed by atoms with Gasteiger partial charge in [-0.05, 0) is 50.2 Å². The van der Waals surface area contributed by atoms with Crippen molar-refractivity contribution in [1.82, 2.24) is 14.9 Å². The highest BCUT2D eigenvalue weighted by molar-refractivity contribution is 5.81. The summed E-state index contributed by atoms with van der Waals surface area (Å²) in [7, 11) is 1.59. The van der Waals surface area contributed by atoms with Gasteiger partial charge in [0, 0.05) is 6.54 Å². The summed E-state index contributed by atoms with van der Waals surface area (Å²) in [6.45, 7) is 4.24. The Hall–Kier alpha value is -3.35. The van der Waals surface area contributed by atoms with Gasteiger partial charge in [0.2, 0.25) is 0 Å². The van der Waals surface area contributed by atoms with Crippen molar-refractivity contribution in [2.45, 2.75) is 26.5 Å². The van der Waals surface area contributed by atoms with Crippen LogP contribution >= 0.6 is 0 Å². The van der Waals surface area contributed by atoms with Crippen LogP contribution in [0.4, 0.5) is 0 Å². The van der Waals surface area contributed by atoms with E-state index in [9.17, 15) is 9.59 Å². The molecule has 0 radical (unpaired) electrons. The van der Waals surface area contributed by atoms with E-state index in [1.165, 1.54) is 0 Å². The average molecular weight is 381 g/mol. The number of aromatic amines is 1. The minimum atomic E-state index is -0.680. The van der Waals surface area contributed by atoms with Crippen LogP contribution in [0.25, 0.3) is 10.9 Å². The van der Waals surface area contributed by atoms with Gasteiger partial charge in [0.1, 0.15) is 17.3 Å². The van der Waals surface area contributed by atoms with Crippen molar-refractivity contribution >= 4 is 16.8 Å². The maximum atomic E-state index is 12.8. The molecule has 0 aliphatic carbocycles. The first-order chi connectivity index (χ1) is 13.5. The number of carbonyl (C=O) groups is 1. The van der Waals surface area contributed by atoms with Crippen molar-refractivity contribution in [3.8, 4) is 11.5 Å². The van der Waals surface area contributed by atoms with Gasteiger partial charge in [-0.1, -0.05) is 12.1 Å². The number of amides is 1. The van der Waals surface area contributed by atoms with Crippen molar-refractivity contribution in [2.24, 2.45) is 0 Å². The van der Waals surface area contributed by atoms with Crippen molar-refractivity contribution in [1.29, 1.82) is 0 Å².